The summed E-state index contributed by atoms with van der Waals surface area (Å²) in [6.45, 7) is 5.97. The number of hydrogen-bond donors (Lipinski definition) is 1. The highest BCUT2D eigenvalue weighted by Gasteiger charge is 2.27. The van der Waals surface area contributed by atoms with E-state index >= 15 is 0 Å². The highest BCUT2D eigenvalue weighted by atomic mass is 16.5. The van der Waals surface area contributed by atoms with Crippen LogP contribution in [0.3, 0.4) is 0 Å². The van der Waals surface area contributed by atoms with Crippen molar-refractivity contribution in [3.8, 4) is 5.75 Å². The second-order valence-electron chi connectivity index (χ2n) is 8.96. The number of nitrogens with one attached hydrogen (secondary N) is 1. The fourth-order valence-corrected chi connectivity index (χ4v) is 4.02. The van der Waals surface area contributed by atoms with Gasteiger partial charge in [-0.15, -0.1) is 0 Å². The van der Waals surface area contributed by atoms with E-state index in [9.17, 15) is 9.59 Å². The molecule has 7 heteroatoms. The molecule has 1 aliphatic rings. The Morgan fingerprint density at radius 3 is 2.55 bits per heavy atom. The summed E-state index contributed by atoms with van der Waals surface area (Å²) in [5, 5.41) is 2.92. The zero-order chi connectivity index (χ0) is 24.0. The van der Waals surface area contributed by atoms with Gasteiger partial charge in [-0.2, -0.15) is 0 Å². The number of nitrogens with zero attached hydrogens (tertiary/aromatic N) is 2. The smallest absolute Gasteiger partial charge is 0.257 e. The maximum absolute atomic E-state index is 13.2. The molecule has 0 aliphatic carbocycles. The van der Waals surface area contributed by atoms with E-state index in [0.29, 0.717) is 30.2 Å². The average molecular weight is 454 g/mol. The lowest BCUT2D eigenvalue weighted by atomic mass is 10.0. The van der Waals surface area contributed by atoms with Crippen LogP contribution >= 0.6 is 0 Å². The number of carbonyl (C=O) groups excluding carboxylic acids is 2. The molecule has 3 atom stereocenters. The molecule has 1 aliphatic heterocycles. The number of carbonyl (C=O) groups is 2. The van der Waals surface area contributed by atoms with Gasteiger partial charge in [0.1, 0.15) is 12.4 Å². The van der Waals surface area contributed by atoms with Crippen molar-refractivity contribution in [1.82, 2.24) is 9.80 Å². The van der Waals surface area contributed by atoms with Crippen LogP contribution in [0.1, 0.15) is 29.8 Å². The molecule has 1 N–H and O–H groups in total. The standard InChI is InChI=1S/C26H35N3O4/c1-18-15-28(3)19(2)17-33-23-14-21(27-25(30)13-20-9-7-6-8-10-20)11-12-22(23)26(31)29(4)16-24(18)32-5/h6-12,14,18-19,24H,13,15-17H2,1-5H3,(H,27,30)/t18-,19+,24+/m0/s1. The number of likely N-dealkylation sites (N-methyl/N-ethyl adjacent to an activating group) is 2. The van der Waals surface area contributed by atoms with E-state index in [1.54, 1.807) is 37.3 Å². The minimum absolute atomic E-state index is 0.0751. The van der Waals surface area contributed by atoms with Crippen LogP contribution in [-0.4, -0.2) is 74.7 Å². The third-order valence-electron chi connectivity index (χ3n) is 6.25. The molecule has 0 spiro atoms. The van der Waals surface area contributed by atoms with Gasteiger partial charge in [-0.05, 0) is 37.6 Å². The number of benzene rings is 2. The van der Waals surface area contributed by atoms with Crippen LogP contribution in [0.2, 0.25) is 0 Å². The van der Waals surface area contributed by atoms with Crippen LogP contribution in [0, 0.1) is 5.92 Å². The minimum atomic E-state index is -0.136. The first-order valence-electron chi connectivity index (χ1n) is 11.4. The summed E-state index contributed by atoms with van der Waals surface area (Å²) in [6, 6.07) is 14.9. The first-order valence-corrected chi connectivity index (χ1v) is 11.4. The molecule has 0 saturated heterocycles. The third-order valence-corrected chi connectivity index (χ3v) is 6.25. The highest BCUT2D eigenvalue weighted by molar-refractivity contribution is 5.98. The first-order chi connectivity index (χ1) is 15.8. The Bertz CT molecular complexity index is 950. The maximum Gasteiger partial charge on any atom is 0.257 e. The highest BCUT2D eigenvalue weighted by Crippen LogP contribution is 2.26. The summed E-state index contributed by atoms with van der Waals surface area (Å²) >= 11 is 0. The van der Waals surface area contributed by atoms with Crippen molar-refractivity contribution < 1.29 is 19.1 Å². The van der Waals surface area contributed by atoms with Gasteiger partial charge in [-0.1, -0.05) is 37.3 Å². The van der Waals surface area contributed by atoms with Crippen molar-refractivity contribution in [3.63, 3.8) is 0 Å². The number of anilines is 1. The molecule has 0 fully saturated rings. The lowest BCUT2D eigenvalue weighted by Gasteiger charge is -2.34. The average Bonchev–Trinajstić information content (AvgIpc) is 2.80. The Kier molecular flexibility index (Phi) is 8.47. The topological polar surface area (TPSA) is 71.1 Å². The molecule has 0 unspecified atom stereocenters. The second kappa shape index (κ2) is 11.3. The van der Waals surface area contributed by atoms with Crippen molar-refractivity contribution in [1.29, 1.82) is 0 Å². The van der Waals surface area contributed by atoms with Gasteiger partial charge in [-0.3, -0.25) is 14.5 Å². The first kappa shape index (κ1) is 24.7. The number of ether oxygens (including phenoxy) is 2. The second-order valence-corrected chi connectivity index (χ2v) is 8.96. The minimum Gasteiger partial charge on any atom is -0.491 e. The van der Waals surface area contributed by atoms with Gasteiger partial charge in [0, 0.05) is 45.0 Å². The molecule has 178 valence electrons. The molecule has 0 bridgehead atoms. The molecule has 0 saturated carbocycles. The summed E-state index contributed by atoms with van der Waals surface area (Å²) in [4.78, 5) is 29.7. The molecule has 0 aromatic heterocycles. The largest absolute Gasteiger partial charge is 0.491 e. The molecule has 1 heterocycles. The van der Waals surface area contributed by atoms with E-state index < -0.39 is 0 Å². The normalized spacial score (nSPS) is 22.5. The molecular weight excluding hydrogens is 418 g/mol. The number of amides is 2. The van der Waals surface area contributed by atoms with Gasteiger partial charge >= 0.3 is 0 Å². The van der Waals surface area contributed by atoms with Crippen LogP contribution < -0.4 is 10.1 Å². The third kappa shape index (κ3) is 6.55. The quantitative estimate of drug-likeness (QED) is 0.769. The lowest BCUT2D eigenvalue weighted by molar-refractivity contribution is -0.115. The number of fused-ring (bicyclic) bond motifs is 1. The molecule has 0 radical (unpaired) electrons. The molecule has 2 amide bonds. The van der Waals surface area contributed by atoms with E-state index in [0.717, 1.165) is 12.1 Å². The SMILES string of the molecule is CO[C@@H]1CN(C)C(=O)c2ccc(NC(=O)Cc3ccccc3)cc2OC[C@@H](C)N(C)C[C@@H]1C. The lowest BCUT2D eigenvalue weighted by Crippen LogP contribution is -2.45. The Balaban J connectivity index is 1.84. The van der Waals surface area contributed by atoms with E-state index in [4.69, 9.17) is 9.47 Å². The molecular formula is C26H35N3O4. The van der Waals surface area contributed by atoms with E-state index in [2.05, 4.69) is 31.1 Å². The van der Waals surface area contributed by atoms with Gasteiger partial charge in [0.2, 0.25) is 5.91 Å². The predicted molar refractivity (Wildman–Crippen MR) is 130 cm³/mol. The summed E-state index contributed by atoms with van der Waals surface area (Å²) in [6.07, 6.45) is 0.202. The molecule has 2 aromatic rings. The molecule has 3 rings (SSSR count). The molecule has 2 aromatic carbocycles. The monoisotopic (exact) mass is 453 g/mol. The van der Waals surface area contributed by atoms with Crippen LogP contribution in [0.4, 0.5) is 5.69 Å². The van der Waals surface area contributed by atoms with Crippen molar-refractivity contribution in [2.24, 2.45) is 5.92 Å². The Hall–Kier alpha value is -2.90. The van der Waals surface area contributed by atoms with Crippen LogP contribution in [-0.2, 0) is 16.0 Å². The van der Waals surface area contributed by atoms with Gasteiger partial charge in [-0.25, -0.2) is 0 Å². The number of rotatable bonds is 4. The maximum atomic E-state index is 13.2. The zero-order valence-electron chi connectivity index (χ0n) is 20.2. The fraction of sp³-hybridized carbons (Fsp3) is 0.462. The van der Waals surface area contributed by atoms with Crippen LogP contribution in [0.25, 0.3) is 0 Å². The van der Waals surface area contributed by atoms with Crippen molar-refractivity contribution >= 4 is 17.5 Å². The summed E-state index contributed by atoms with van der Waals surface area (Å²) in [7, 11) is 5.54. The van der Waals surface area contributed by atoms with Gasteiger partial charge < -0.3 is 19.7 Å². The van der Waals surface area contributed by atoms with Crippen molar-refractivity contribution in [2.75, 3.05) is 46.2 Å². The van der Waals surface area contributed by atoms with E-state index in [-0.39, 0.29) is 36.3 Å². The summed E-state index contributed by atoms with van der Waals surface area (Å²) in [5.41, 5.74) is 2.01. The van der Waals surface area contributed by atoms with Crippen molar-refractivity contribution in [2.45, 2.75) is 32.4 Å². The molecule has 33 heavy (non-hydrogen) atoms. The zero-order valence-corrected chi connectivity index (χ0v) is 20.2. The van der Waals surface area contributed by atoms with Crippen molar-refractivity contribution in [3.05, 3.63) is 59.7 Å². The van der Waals surface area contributed by atoms with Gasteiger partial charge in [0.25, 0.3) is 5.91 Å². The fourth-order valence-electron chi connectivity index (χ4n) is 4.02. The number of methoxy groups -OCH3 is 1. The Morgan fingerprint density at radius 2 is 1.85 bits per heavy atom. The van der Waals surface area contributed by atoms with Crippen LogP contribution in [0.5, 0.6) is 5.75 Å². The summed E-state index contributed by atoms with van der Waals surface area (Å²) < 4.78 is 11.8. The molecule has 7 nitrogen and oxygen atoms in total. The van der Waals surface area contributed by atoms with Crippen LogP contribution in [0.15, 0.2) is 48.5 Å². The Morgan fingerprint density at radius 1 is 1.12 bits per heavy atom. The van der Waals surface area contributed by atoms with Gasteiger partial charge in [0.05, 0.1) is 18.1 Å². The summed E-state index contributed by atoms with van der Waals surface area (Å²) in [5.74, 6) is 0.455. The predicted octanol–water partition coefficient (Wildman–Crippen LogP) is 3.30. The van der Waals surface area contributed by atoms with Gasteiger partial charge in [0.15, 0.2) is 0 Å². The van der Waals surface area contributed by atoms with E-state index in [1.807, 2.05) is 30.3 Å². The number of hydrogen-bond acceptors (Lipinski definition) is 5. The Labute approximate surface area is 196 Å². The van der Waals surface area contributed by atoms with E-state index in [1.165, 1.54) is 0 Å².